The number of nitrogens with one attached hydrogen (secondary N) is 1. The van der Waals surface area contributed by atoms with E-state index < -0.39 is 17.7 Å². The van der Waals surface area contributed by atoms with Gasteiger partial charge in [-0.1, -0.05) is 35.9 Å². The number of nitrogens with zero attached hydrogens (tertiary/aromatic N) is 1. The monoisotopic (exact) mass is 516 g/mol. The van der Waals surface area contributed by atoms with E-state index in [9.17, 15) is 9.90 Å². The van der Waals surface area contributed by atoms with Crippen LogP contribution in [0.25, 0.3) is 11.1 Å². The second-order valence-corrected chi connectivity index (χ2v) is 9.03. The Bertz CT molecular complexity index is 1260. The molecule has 0 bridgehead atoms. The Balaban J connectivity index is 0.00000361. The van der Waals surface area contributed by atoms with Crippen LogP contribution in [-0.4, -0.2) is 23.1 Å². The number of benzene rings is 3. The number of hydrogen-bond donors (Lipinski definition) is 1. The van der Waals surface area contributed by atoms with Gasteiger partial charge in [-0.15, -0.1) is 0 Å². The standard InChI is InChI=1S/C27H27ClN2O5.Na/c1-27(2,26(31)32)35-21-7-5-6-18(16-21)17-29-15-14-24(33-20-12-10-19(28)11-13-20)25-30-22-8-3-4-9-23(22)34-25;/h3-13,16,24,29H,14-15,17H2,1-2H3,(H,31,32);/q;+1/p-1. The van der Waals surface area contributed by atoms with Crippen molar-refractivity contribution in [1.82, 2.24) is 10.3 Å². The molecule has 0 amide bonds. The molecule has 0 saturated heterocycles. The minimum Gasteiger partial charge on any atom is -0.546 e. The molecule has 4 aromatic rings. The van der Waals surface area contributed by atoms with E-state index in [1.165, 1.54) is 13.8 Å². The van der Waals surface area contributed by atoms with E-state index >= 15 is 0 Å². The van der Waals surface area contributed by atoms with Crippen LogP contribution in [-0.2, 0) is 11.3 Å². The van der Waals surface area contributed by atoms with Gasteiger partial charge in [-0.3, -0.25) is 0 Å². The maximum Gasteiger partial charge on any atom is 1.00 e. The molecule has 4 rings (SSSR count). The number of aromatic nitrogens is 1. The Morgan fingerprint density at radius 3 is 2.56 bits per heavy atom. The first-order valence-corrected chi connectivity index (χ1v) is 11.7. The van der Waals surface area contributed by atoms with Crippen molar-refractivity contribution in [3.05, 3.63) is 89.3 Å². The fourth-order valence-corrected chi connectivity index (χ4v) is 3.59. The van der Waals surface area contributed by atoms with Crippen LogP contribution in [0.2, 0.25) is 5.02 Å². The van der Waals surface area contributed by atoms with Gasteiger partial charge in [0, 0.05) is 18.0 Å². The molecule has 1 atom stereocenters. The van der Waals surface area contributed by atoms with E-state index in [-0.39, 0.29) is 29.6 Å². The van der Waals surface area contributed by atoms with Crippen LogP contribution in [0.15, 0.2) is 77.2 Å². The van der Waals surface area contributed by atoms with E-state index in [4.69, 9.17) is 25.5 Å². The van der Waals surface area contributed by atoms with Crippen LogP contribution in [0, 0.1) is 0 Å². The molecule has 1 N–H and O–H groups in total. The fraction of sp³-hybridized carbons (Fsp3) is 0.259. The molecular weight excluding hydrogens is 491 g/mol. The minimum absolute atomic E-state index is 0. The van der Waals surface area contributed by atoms with Gasteiger partial charge in [-0.2, -0.15) is 0 Å². The number of hydrogen-bond acceptors (Lipinski definition) is 7. The SMILES string of the molecule is CC(C)(Oc1cccc(CNCCC(Oc2ccc(Cl)cc2)c2nc3ccccc3o2)c1)C(=O)[O-].[Na+]. The maximum absolute atomic E-state index is 11.2. The largest absolute Gasteiger partial charge is 1.00 e. The maximum atomic E-state index is 11.2. The average molecular weight is 517 g/mol. The number of carbonyl (C=O) groups is 1. The van der Waals surface area contributed by atoms with Crippen molar-refractivity contribution in [3.63, 3.8) is 0 Å². The summed E-state index contributed by atoms with van der Waals surface area (Å²) in [6.45, 7) is 4.09. The van der Waals surface area contributed by atoms with Crippen molar-refractivity contribution in [2.24, 2.45) is 0 Å². The number of carbonyl (C=O) groups excluding carboxylic acids is 1. The molecule has 182 valence electrons. The smallest absolute Gasteiger partial charge is 0.546 e. The van der Waals surface area contributed by atoms with Gasteiger partial charge in [0.1, 0.15) is 22.6 Å². The van der Waals surface area contributed by atoms with E-state index in [1.807, 2.05) is 48.5 Å². The molecule has 1 aromatic heterocycles. The Hall–Kier alpha value is -2.55. The summed E-state index contributed by atoms with van der Waals surface area (Å²) in [5.74, 6) is 0.366. The molecule has 1 heterocycles. The Morgan fingerprint density at radius 1 is 1.08 bits per heavy atom. The van der Waals surface area contributed by atoms with E-state index in [0.717, 1.165) is 11.1 Å². The second kappa shape index (κ2) is 12.6. The van der Waals surface area contributed by atoms with Crippen molar-refractivity contribution in [3.8, 4) is 11.5 Å². The molecule has 0 fully saturated rings. The average Bonchev–Trinajstić information content (AvgIpc) is 3.26. The molecule has 0 radical (unpaired) electrons. The van der Waals surface area contributed by atoms with Crippen LogP contribution < -0.4 is 49.5 Å². The van der Waals surface area contributed by atoms with Gasteiger partial charge in [0.2, 0.25) is 5.89 Å². The quantitative estimate of drug-likeness (QED) is 0.239. The summed E-state index contributed by atoms with van der Waals surface area (Å²) in [5, 5.41) is 15.2. The molecule has 3 aromatic carbocycles. The molecule has 0 aliphatic heterocycles. The Labute approximate surface area is 237 Å². The summed E-state index contributed by atoms with van der Waals surface area (Å²) in [5.41, 5.74) is 1.01. The number of para-hydroxylation sites is 2. The predicted molar refractivity (Wildman–Crippen MR) is 131 cm³/mol. The van der Waals surface area contributed by atoms with Crippen LogP contribution in [0.1, 0.15) is 37.8 Å². The van der Waals surface area contributed by atoms with Crippen molar-refractivity contribution in [2.75, 3.05) is 6.54 Å². The van der Waals surface area contributed by atoms with E-state index in [2.05, 4.69) is 10.3 Å². The normalized spacial score (nSPS) is 12.1. The molecule has 1 unspecified atom stereocenters. The Kier molecular flexibility index (Phi) is 9.82. The Morgan fingerprint density at radius 2 is 1.83 bits per heavy atom. The van der Waals surface area contributed by atoms with Crippen LogP contribution in [0.3, 0.4) is 0 Å². The van der Waals surface area contributed by atoms with Crippen LogP contribution in [0.5, 0.6) is 11.5 Å². The van der Waals surface area contributed by atoms with E-state index in [1.54, 1.807) is 24.3 Å². The zero-order valence-electron chi connectivity index (χ0n) is 20.5. The summed E-state index contributed by atoms with van der Waals surface area (Å²) >= 11 is 6.00. The van der Waals surface area contributed by atoms with Crippen molar-refractivity contribution in [1.29, 1.82) is 0 Å². The predicted octanol–water partition coefficient (Wildman–Crippen LogP) is 1.69. The number of rotatable bonds is 11. The third-order valence-electron chi connectivity index (χ3n) is 5.35. The zero-order valence-corrected chi connectivity index (χ0v) is 23.2. The van der Waals surface area contributed by atoms with Crippen molar-refractivity contribution >= 4 is 28.7 Å². The van der Waals surface area contributed by atoms with E-state index in [0.29, 0.717) is 47.5 Å². The first-order valence-electron chi connectivity index (χ1n) is 11.3. The van der Waals surface area contributed by atoms with Gasteiger partial charge < -0.3 is 29.1 Å². The molecule has 0 saturated carbocycles. The molecule has 36 heavy (non-hydrogen) atoms. The van der Waals surface area contributed by atoms with Gasteiger partial charge in [0.25, 0.3) is 0 Å². The fourth-order valence-electron chi connectivity index (χ4n) is 3.46. The number of oxazole rings is 1. The van der Waals surface area contributed by atoms with Gasteiger partial charge in [0.05, 0.1) is 5.97 Å². The molecule has 9 heteroatoms. The van der Waals surface area contributed by atoms with Gasteiger partial charge in [0.15, 0.2) is 11.7 Å². The van der Waals surface area contributed by atoms with Crippen molar-refractivity contribution in [2.45, 2.75) is 38.5 Å². The number of aliphatic carboxylic acids is 1. The third kappa shape index (κ3) is 7.48. The summed E-state index contributed by atoms with van der Waals surface area (Å²) < 4.78 is 17.7. The summed E-state index contributed by atoms with van der Waals surface area (Å²) in [6, 6.07) is 22.0. The van der Waals surface area contributed by atoms with Gasteiger partial charge in [-0.05, 0) is 74.5 Å². The summed E-state index contributed by atoms with van der Waals surface area (Å²) in [6.07, 6.45) is 0.193. The molecule has 0 aliphatic carbocycles. The molecule has 0 spiro atoms. The molecular formula is C27H26ClN2NaO5. The first kappa shape index (κ1) is 28.0. The van der Waals surface area contributed by atoms with Crippen molar-refractivity contribution < 1.29 is 53.3 Å². The minimum atomic E-state index is -1.42. The summed E-state index contributed by atoms with van der Waals surface area (Å²) in [4.78, 5) is 15.8. The number of fused-ring (bicyclic) bond motifs is 1. The summed E-state index contributed by atoms with van der Waals surface area (Å²) in [7, 11) is 0. The topological polar surface area (TPSA) is 96.7 Å². The molecule has 0 aliphatic rings. The van der Waals surface area contributed by atoms with Crippen LogP contribution in [0.4, 0.5) is 0 Å². The number of halogens is 1. The first-order chi connectivity index (χ1) is 16.8. The third-order valence-corrected chi connectivity index (χ3v) is 5.61. The zero-order chi connectivity index (χ0) is 24.8. The molecule has 7 nitrogen and oxygen atoms in total. The van der Waals surface area contributed by atoms with Crippen LogP contribution >= 0.6 is 11.6 Å². The second-order valence-electron chi connectivity index (χ2n) is 8.59. The number of ether oxygens (including phenoxy) is 2. The number of carboxylic acid groups (broad SMARTS) is 1. The number of carboxylic acids is 1. The van der Waals surface area contributed by atoms with Gasteiger partial charge in [-0.25, -0.2) is 4.98 Å². The van der Waals surface area contributed by atoms with Gasteiger partial charge >= 0.3 is 29.6 Å².